The van der Waals surface area contributed by atoms with Crippen molar-refractivity contribution >= 4 is 6.04 Å². The first kappa shape index (κ1) is 9.47. The van der Waals surface area contributed by atoms with Crippen LogP contribution in [0.1, 0.15) is 0 Å². The van der Waals surface area contributed by atoms with Gasteiger partial charge < -0.3 is 4.74 Å². The third-order valence-corrected chi connectivity index (χ3v) is 1.64. The maximum absolute atomic E-state index is 12.6. The molecule has 1 aliphatic heterocycles. The van der Waals surface area contributed by atoms with Gasteiger partial charge in [-0.15, -0.1) is 0 Å². The molecule has 0 aromatic carbocycles. The van der Waals surface area contributed by atoms with Gasteiger partial charge in [-0.2, -0.15) is 13.2 Å². The van der Waals surface area contributed by atoms with Crippen molar-refractivity contribution in [3.63, 3.8) is 0 Å². The van der Waals surface area contributed by atoms with Gasteiger partial charge in [0, 0.05) is 13.1 Å². The number of hydrogen-bond donors (Lipinski definition) is 0. The van der Waals surface area contributed by atoms with Crippen LogP contribution in [0.25, 0.3) is 0 Å². The lowest BCUT2D eigenvalue weighted by atomic mass is 10.4. The first-order valence-electron chi connectivity index (χ1n) is 3.45. The number of ether oxygens (including phenoxy) is 1. The number of halogens is 3. The summed E-state index contributed by atoms with van der Waals surface area (Å²) in [5.74, 6) is 0. The quantitative estimate of drug-likeness (QED) is 0.458. The van der Waals surface area contributed by atoms with Gasteiger partial charge in [-0.3, -0.25) is 4.79 Å². The minimum Gasteiger partial charge on any atom is -0.379 e. The molecule has 3 nitrogen and oxygen atoms in total. The molecule has 0 unspecified atom stereocenters. The lowest BCUT2D eigenvalue weighted by molar-refractivity contribution is -0.198. The monoisotopic (exact) mass is 183 g/mol. The lowest BCUT2D eigenvalue weighted by Gasteiger charge is -2.30. The largest absolute Gasteiger partial charge is 0.395 e. The summed E-state index contributed by atoms with van der Waals surface area (Å²) in [6.45, 7) is -0.0446. The average molecular weight is 183 g/mol. The van der Waals surface area contributed by atoms with Gasteiger partial charge in [-0.05, 0) is 0 Å². The third kappa shape index (κ3) is 1.75. The molecule has 0 N–H and O–H groups in total. The number of morpholine rings is 1. The summed E-state index contributed by atoms with van der Waals surface area (Å²) >= 11 is 0. The molecule has 1 rings (SSSR count). The summed E-state index contributed by atoms with van der Waals surface area (Å²) in [6, 6.07) is -6.59. The summed E-state index contributed by atoms with van der Waals surface area (Å²) in [4.78, 5) is 10.3. The number of nitrogens with zero attached hydrogens (tertiary/aromatic N) is 1. The molecule has 0 bridgehead atoms. The molecular weight excluding hydrogens is 175 g/mol. The van der Waals surface area contributed by atoms with E-state index in [-0.39, 0.29) is 26.3 Å². The standard InChI is InChI=1S/C6H8F3NO2/c7-5(11)6(8,9)10-1-3-12-4-2-10/h1-4H2. The highest BCUT2D eigenvalue weighted by molar-refractivity contribution is 5.75. The highest BCUT2D eigenvalue weighted by Gasteiger charge is 2.46. The smallest absolute Gasteiger partial charge is 0.379 e. The van der Waals surface area contributed by atoms with E-state index >= 15 is 0 Å². The van der Waals surface area contributed by atoms with E-state index in [1.807, 2.05) is 0 Å². The minimum absolute atomic E-state index is 0.100. The van der Waals surface area contributed by atoms with Crippen molar-refractivity contribution in [1.82, 2.24) is 4.90 Å². The Morgan fingerprint density at radius 3 is 2.25 bits per heavy atom. The van der Waals surface area contributed by atoms with E-state index in [1.54, 1.807) is 0 Å². The molecule has 1 heterocycles. The zero-order valence-electron chi connectivity index (χ0n) is 6.23. The summed E-state index contributed by atoms with van der Waals surface area (Å²) in [6.07, 6.45) is 0. The molecule has 0 atom stereocenters. The predicted octanol–water partition coefficient (Wildman–Crippen LogP) is 0.408. The molecule has 6 heteroatoms. The molecule has 1 fully saturated rings. The highest BCUT2D eigenvalue weighted by atomic mass is 19.3. The van der Waals surface area contributed by atoms with Crippen molar-refractivity contribution in [2.45, 2.75) is 6.05 Å². The van der Waals surface area contributed by atoms with Gasteiger partial charge in [-0.25, -0.2) is 4.90 Å². The van der Waals surface area contributed by atoms with Gasteiger partial charge >= 0.3 is 12.1 Å². The van der Waals surface area contributed by atoms with Gasteiger partial charge in [0.05, 0.1) is 13.2 Å². The number of alkyl halides is 2. The van der Waals surface area contributed by atoms with Crippen LogP contribution < -0.4 is 0 Å². The first-order chi connectivity index (χ1) is 5.55. The van der Waals surface area contributed by atoms with E-state index in [4.69, 9.17) is 4.74 Å². The fraction of sp³-hybridized carbons (Fsp3) is 0.833. The van der Waals surface area contributed by atoms with Gasteiger partial charge in [0.25, 0.3) is 0 Å². The normalized spacial score (nSPS) is 20.9. The second kappa shape index (κ2) is 3.40. The van der Waals surface area contributed by atoms with Crippen LogP contribution in [-0.4, -0.2) is 43.3 Å². The zero-order valence-corrected chi connectivity index (χ0v) is 6.23. The molecule has 0 spiro atoms. The molecule has 70 valence electrons. The zero-order chi connectivity index (χ0) is 9.19. The summed E-state index contributed by atoms with van der Waals surface area (Å²) in [7, 11) is 0. The van der Waals surface area contributed by atoms with Gasteiger partial charge in [0.2, 0.25) is 0 Å². The van der Waals surface area contributed by atoms with E-state index in [2.05, 4.69) is 0 Å². The average Bonchev–Trinajstić information content (AvgIpc) is 2.06. The molecule has 12 heavy (non-hydrogen) atoms. The fourth-order valence-electron chi connectivity index (χ4n) is 0.968. The topological polar surface area (TPSA) is 29.5 Å². The van der Waals surface area contributed by atoms with Crippen molar-refractivity contribution in [3.05, 3.63) is 0 Å². The Hall–Kier alpha value is -0.620. The second-order valence-electron chi connectivity index (χ2n) is 2.41. The van der Waals surface area contributed by atoms with Crippen LogP contribution >= 0.6 is 0 Å². The molecule has 0 radical (unpaired) electrons. The van der Waals surface area contributed by atoms with Crippen LogP contribution in [-0.2, 0) is 9.53 Å². The predicted molar refractivity (Wildman–Crippen MR) is 33.5 cm³/mol. The number of carbonyl (C=O) groups is 1. The number of rotatable bonds is 2. The molecular formula is C6H8F3NO2. The van der Waals surface area contributed by atoms with E-state index in [0.717, 1.165) is 0 Å². The Labute approximate surface area is 67.1 Å². The van der Waals surface area contributed by atoms with Crippen LogP contribution in [0.15, 0.2) is 0 Å². The van der Waals surface area contributed by atoms with Gasteiger partial charge in [0.1, 0.15) is 0 Å². The number of hydrogen-bond acceptors (Lipinski definition) is 3. The SMILES string of the molecule is O=C(F)C(F)(F)N1CCOCC1. The Kier molecular flexibility index (Phi) is 2.69. The molecule has 1 saturated heterocycles. The Morgan fingerprint density at radius 1 is 1.33 bits per heavy atom. The van der Waals surface area contributed by atoms with Crippen molar-refractivity contribution in [1.29, 1.82) is 0 Å². The second-order valence-corrected chi connectivity index (χ2v) is 2.41. The molecule has 0 aromatic heterocycles. The van der Waals surface area contributed by atoms with Gasteiger partial charge in [0.15, 0.2) is 0 Å². The van der Waals surface area contributed by atoms with Crippen LogP contribution in [0.4, 0.5) is 13.2 Å². The molecule has 0 aromatic rings. The van der Waals surface area contributed by atoms with E-state index in [1.165, 1.54) is 0 Å². The van der Waals surface area contributed by atoms with Crippen LogP contribution in [0, 0.1) is 0 Å². The van der Waals surface area contributed by atoms with Crippen molar-refractivity contribution < 1.29 is 22.7 Å². The maximum atomic E-state index is 12.6. The summed E-state index contributed by atoms with van der Waals surface area (Å²) < 4.78 is 41.7. The van der Waals surface area contributed by atoms with E-state index in [9.17, 15) is 18.0 Å². The van der Waals surface area contributed by atoms with E-state index < -0.39 is 12.1 Å². The van der Waals surface area contributed by atoms with Crippen molar-refractivity contribution in [3.8, 4) is 0 Å². The van der Waals surface area contributed by atoms with Crippen LogP contribution in [0.2, 0.25) is 0 Å². The minimum atomic E-state index is -3.98. The number of carbonyl (C=O) groups excluding carboxylic acids is 1. The first-order valence-corrected chi connectivity index (χ1v) is 3.45. The molecule has 0 aliphatic carbocycles. The highest BCUT2D eigenvalue weighted by Crippen LogP contribution is 2.22. The van der Waals surface area contributed by atoms with Crippen LogP contribution in [0.3, 0.4) is 0 Å². The Bertz CT molecular complexity index is 180. The molecule has 0 amide bonds. The van der Waals surface area contributed by atoms with Crippen LogP contribution in [0.5, 0.6) is 0 Å². The fourth-order valence-corrected chi connectivity index (χ4v) is 0.968. The maximum Gasteiger partial charge on any atom is 0.395 e. The third-order valence-electron chi connectivity index (χ3n) is 1.64. The van der Waals surface area contributed by atoms with Crippen molar-refractivity contribution in [2.24, 2.45) is 0 Å². The Morgan fingerprint density at radius 2 is 1.83 bits per heavy atom. The molecule has 1 aliphatic rings. The summed E-state index contributed by atoms with van der Waals surface area (Å²) in [5, 5.41) is 0. The Balaban J connectivity index is 2.59. The van der Waals surface area contributed by atoms with Crippen molar-refractivity contribution in [2.75, 3.05) is 26.3 Å². The summed E-state index contributed by atoms with van der Waals surface area (Å²) in [5.41, 5.74) is 0. The van der Waals surface area contributed by atoms with E-state index in [0.29, 0.717) is 4.90 Å². The van der Waals surface area contributed by atoms with Gasteiger partial charge in [-0.1, -0.05) is 0 Å². The lowest BCUT2D eigenvalue weighted by Crippen LogP contribution is -2.51. The molecule has 0 saturated carbocycles.